The molecule has 1 saturated carbocycles. The van der Waals surface area contributed by atoms with E-state index in [1.807, 2.05) is 24.0 Å². The third-order valence-electron chi connectivity index (χ3n) is 2.53. The molecule has 2 rings (SSSR count). The van der Waals surface area contributed by atoms with Gasteiger partial charge in [0.25, 0.3) is 0 Å². The maximum absolute atomic E-state index is 4.11. The van der Waals surface area contributed by atoms with E-state index in [1.165, 1.54) is 25.7 Å². The first-order chi connectivity index (χ1) is 5.86. The minimum atomic E-state index is 0.681. The smallest absolute Gasteiger partial charge is 0.124 e. The Morgan fingerprint density at radius 2 is 2.25 bits per heavy atom. The van der Waals surface area contributed by atoms with Gasteiger partial charge in [0.1, 0.15) is 5.82 Å². The number of rotatable bonds is 2. The molecule has 12 heavy (non-hydrogen) atoms. The van der Waals surface area contributed by atoms with Gasteiger partial charge in [0, 0.05) is 19.2 Å². The number of aromatic nitrogens is 2. The van der Waals surface area contributed by atoms with E-state index in [2.05, 4.69) is 10.4 Å². The lowest BCUT2D eigenvalue weighted by atomic mass is 10.2. The van der Waals surface area contributed by atoms with Gasteiger partial charge in [0.05, 0.1) is 6.20 Å². The van der Waals surface area contributed by atoms with Crippen molar-refractivity contribution in [1.29, 1.82) is 0 Å². The summed E-state index contributed by atoms with van der Waals surface area (Å²) in [6.07, 6.45) is 7.19. The lowest BCUT2D eigenvalue weighted by Gasteiger charge is -2.12. The maximum Gasteiger partial charge on any atom is 0.124 e. The summed E-state index contributed by atoms with van der Waals surface area (Å²) in [4.78, 5) is 0. The van der Waals surface area contributed by atoms with Crippen molar-refractivity contribution in [3.05, 3.63) is 12.3 Å². The molecule has 1 aromatic rings. The van der Waals surface area contributed by atoms with Crippen LogP contribution in [0, 0.1) is 0 Å². The van der Waals surface area contributed by atoms with Crippen LogP contribution in [0.25, 0.3) is 0 Å². The van der Waals surface area contributed by atoms with Crippen molar-refractivity contribution in [3.8, 4) is 0 Å². The van der Waals surface area contributed by atoms with Gasteiger partial charge in [-0.25, -0.2) is 0 Å². The fourth-order valence-electron chi connectivity index (χ4n) is 1.79. The van der Waals surface area contributed by atoms with Crippen molar-refractivity contribution in [2.24, 2.45) is 7.05 Å². The Morgan fingerprint density at radius 1 is 1.50 bits per heavy atom. The van der Waals surface area contributed by atoms with Gasteiger partial charge in [-0.1, -0.05) is 12.8 Å². The van der Waals surface area contributed by atoms with Crippen LogP contribution in [0.15, 0.2) is 12.3 Å². The highest BCUT2D eigenvalue weighted by atomic mass is 15.3. The second-order valence-corrected chi connectivity index (χ2v) is 3.47. The summed E-state index contributed by atoms with van der Waals surface area (Å²) >= 11 is 0. The average molecular weight is 165 g/mol. The minimum absolute atomic E-state index is 0.681. The summed E-state index contributed by atoms with van der Waals surface area (Å²) in [6.45, 7) is 0. The van der Waals surface area contributed by atoms with Crippen molar-refractivity contribution in [3.63, 3.8) is 0 Å². The van der Waals surface area contributed by atoms with Crippen LogP contribution >= 0.6 is 0 Å². The zero-order valence-corrected chi connectivity index (χ0v) is 7.45. The molecule has 1 aliphatic carbocycles. The summed E-state index contributed by atoms with van der Waals surface area (Å²) in [5, 5.41) is 7.60. The second-order valence-electron chi connectivity index (χ2n) is 3.47. The fourth-order valence-corrected chi connectivity index (χ4v) is 1.79. The molecule has 1 heterocycles. The normalized spacial score (nSPS) is 18.4. The number of nitrogens with one attached hydrogen (secondary N) is 1. The molecule has 0 aromatic carbocycles. The molecule has 0 atom stereocenters. The molecule has 1 aliphatic rings. The number of nitrogens with zero attached hydrogens (tertiary/aromatic N) is 2. The first-order valence-corrected chi connectivity index (χ1v) is 4.61. The van der Waals surface area contributed by atoms with E-state index >= 15 is 0 Å². The maximum atomic E-state index is 4.11. The zero-order valence-electron chi connectivity index (χ0n) is 7.45. The van der Waals surface area contributed by atoms with Crippen LogP contribution in [0.3, 0.4) is 0 Å². The summed E-state index contributed by atoms with van der Waals surface area (Å²) in [6, 6.07) is 2.71. The molecule has 0 saturated heterocycles. The Bertz CT molecular complexity index is 248. The van der Waals surface area contributed by atoms with Gasteiger partial charge in [-0.3, -0.25) is 4.68 Å². The molecule has 0 aliphatic heterocycles. The Hall–Kier alpha value is -0.990. The largest absolute Gasteiger partial charge is 0.368 e. The minimum Gasteiger partial charge on any atom is -0.368 e. The predicted octanol–water partition coefficient (Wildman–Crippen LogP) is 1.77. The molecule has 3 heteroatoms. The molecular formula is C9H15N3. The lowest BCUT2D eigenvalue weighted by Crippen LogP contribution is -2.16. The summed E-state index contributed by atoms with van der Waals surface area (Å²) in [5.41, 5.74) is 0. The van der Waals surface area contributed by atoms with Crippen LogP contribution < -0.4 is 5.32 Å². The van der Waals surface area contributed by atoms with Crippen molar-refractivity contribution in [2.45, 2.75) is 31.7 Å². The highest BCUT2D eigenvalue weighted by Crippen LogP contribution is 2.21. The number of hydrogen-bond acceptors (Lipinski definition) is 2. The first-order valence-electron chi connectivity index (χ1n) is 4.61. The predicted molar refractivity (Wildman–Crippen MR) is 49.1 cm³/mol. The number of aryl methyl sites for hydroxylation is 1. The molecule has 1 fully saturated rings. The van der Waals surface area contributed by atoms with Crippen molar-refractivity contribution < 1.29 is 0 Å². The van der Waals surface area contributed by atoms with Crippen LogP contribution in [-0.2, 0) is 7.05 Å². The second kappa shape index (κ2) is 3.17. The first kappa shape index (κ1) is 7.65. The highest BCUT2D eigenvalue weighted by Gasteiger charge is 2.15. The molecule has 0 bridgehead atoms. The molecule has 66 valence electrons. The molecule has 1 aromatic heterocycles. The standard InChI is InChI=1S/C9H15N3/c1-12-9(6-7-10-12)11-8-4-2-3-5-8/h6-8,11H,2-5H2,1H3. The third kappa shape index (κ3) is 1.44. The van der Waals surface area contributed by atoms with E-state index in [9.17, 15) is 0 Å². The van der Waals surface area contributed by atoms with Crippen LogP contribution in [0.5, 0.6) is 0 Å². The molecule has 1 N–H and O–H groups in total. The molecule has 0 unspecified atom stereocenters. The summed E-state index contributed by atoms with van der Waals surface area (Å²) in [7, 11) is 1.97. The van der Waals surface area contributed by atoms with E-state index < -0.39 is 0 Å². The molecule has 0 radical (unpaired) electrons. The van der Waals surface area contributed by atoms with Crippen molar-refractivity contribution in [2.75, 3.05) is 5.32 Å². The van der Waals surface area contributed by atoms with Gasteiger partial charge < -0.3 is 5.32 Å². The Kier molecular flexibility index (Phi) is 2.02. The Labute approximate surface area is 72.8 Å². The van der Waals surface area contributed by atoms with Crippen LogP contribution in [0.1, 0.15) is 25.7 Å². The van der Waals surface area contributed by atoms with E-state index in [4.69, 9.17) is 0 Å². The van der Waals surface area contributed by atoms with E-state index in [-0.39, 0.29) is 0 Å². The average Bonchev–Trinajstić information content (AvgIpc) is 2.65. The van der Waals surface area contributed by atoms with Gasteiger partial charge in [-0.15, -0.1) is 0 Å². The fraction of sp³-hybridized carbons (Fsp3) is 0.667. The topological polar surface area (TPSA) is 29.9 Å². The van der Waals surface area contributed by atoms with Crippen LogP contribution in [0.4, 0.5) is 5.82 Å². The highest BCUT2D eigenvalue weighted by molar-refractivity contribution is 5.34. The van der Waals surface area contributed by atoms with Crippen LogP contribution in [0.2, 0.25) is 0 Å². The van der Waals surface area contributed by atoms with Gasteiger partial charge in [-0.2, -0.15) is 5.10 Å². The van der Waals surface area contributed by atoms with Gasteiger partial charge in [0.2, 0.25) is 0 Å². The zero-order chi connectivity index (χ0) is 8.39. The van der Waals surface area contributed by atoms with Crippen molar-refractivity contribution in [1.82, 2.24) is 9.78 Å². The van der Waals surface area contributed by atoms with Crippen LogP contribution in [-0.4, -0.2) is 15.8 Å². The third-order valence-corrected chi connectivity index (χ3v) is 2.53. The summed E-state index contributed by atoms with van der Waals surface area (Å²) < 4.78 is 1.89. The molecule has 0 amide bonds. The SMILES string of the molecule is Cn1nccc1NC1CCCC1. The van der Waals surface area contributed by atoms with Gasteiger partial charge in [-0.05, 0) is 12.8 Å². The van der Waals surface area contributed by atoms with E-state index in [1.54, 1.807) is 0 Å². The van der Waals surface area contributed by atoms with Gasteiger partial charge in [0.15, 0.2) is 0 Å². The molecule has 3 nitrogen and oxygen atoms in total. The van der Waals surface area contributed by atoms with E-state index in [0.717, 1.165) is 5.82 Å². The quantitative estimate of drug-likeness (QED) is 0.723. The monoisotopic (exact) mass is 165 g/mol. The summed E-state index contributed by atoms with van der Waals surface area (Å²) in [5.74, 6) is 1.14. The number of hydrogen-bond donors (Lipinski definition) is 1. The Morgan fingerprint density at radius 3 is 2.83 bits per heavy atom. The number of anilines is 1. The lowest BCUT2D eigenvalue weighted by molar-refractivity contribution is 0.712. The van der Waals surface area contributed by atoms with E-state index in [0.29, 0.717) is 6.04 Å². The van der Waals surface area contributed by atoms with Crippen molar-refractivity contribution >= 4 is 5.82 Å². The Balaban J connectivity index is 1.98. The van der Waals surface area contributed by atoms with Gasteiger partial charge >= 0.3 is 0 Å². The molecular weight excluding hydrogens is 150 g/mol. The molecule has 0 spiro atoms.